The summed E-state index contributed by atoms with van der Waals surface area (Å²) in [5.41, 5.74) is 1.99. The molecule has 0 bridgehead atoms. The van der Waals surface area contributed by atoms with E-state index in [-0.39, 0.29) is 30.4 Å². The minimum absolute atomic E-state index is 0.0102. The minimum Gasteiger partial charge on any atom is -0.493 e. The van der Waals surface area contributed by atoms with Crippen LogP contribution in [-0.2, 0) is 16.0 Å². The molecule has 0 spiro atoms. The molecular formula is C26H32N2O6. The molecule has 1 N–H and O–H groups in total. The van der Waals surface area contributed by atoms with Crippen LogP contribution in [0.25, 0.3) is 0 Å². The zero-order valence-corrected chi connectivity index (χ0v) is 20.1. The maximum Gasteiger partial charge on any atom is 0.238 e. The van der Waals surface area contributed by atoms with Gasteiger partial charge in [0.1, 0.15) is 17.9 Å². The van der Waals surface area contributed by atoms with Crippen molar-refractivity contribution in [1.29, 1.82) is 0 Å². The molecule has 2 aliphatic heterocycles. The summed E-state index contributed by atoms with van der Waals surface area (Å²) in [4.78, 5) is 29.2. The van der Waals surface area contributed by atoms with Crippen molar-refractivity contribution in [1.82, 2.24) is 5.32 Å². The average molecular weight is 469 g/mol. The average Bonchev–Trinajstić information content (AvgIpc) is 2.87. The van der Waals surface area contributed by atoms with E-state index in [1.165, 1.54) is 0 Å². The molecule has 2 heterocycles. The number of benzene rings is 2. The molecule has 1 amide bonds. The first kappa shape index (κ1) is 24.0. The maximum absolute atomic E-state index is 13.8. The Balaban J connectivity index is 1.71. The second-order valence-corrected chi connectivity index (χ2v) is 8.59. The molecule has 0 aliphatic carbocycles. The van der Waals surface area contributed by atoms with Crippen molar-refractivity contribution in [2.75, 3.05) is 39.4 Å². The Hall–Kier alpha value is -3.10. The van der Waals surface area contributed by atoms with E-state index in [0.29, 0.717) is 41.7 Å². The lowest BCUT2D eigenvalue weighted by Crippen LogP contribution is -2.52. The van der Waals surface area contributed by atoms with E-state index in [1.54, 1.807) is 33.4 Å². The molecule has 4 rings (SSSR count). The molecule has 182 valence electrons. The molecule has 0 aromatic heterocycles. The number of ether oxygens (including phenoxy) is 4. The fraction of sp³-hybridized carbons (Fsp3) is 0.462. The quantitative estimate of drug-likeness (QED) is 0.470. The van der Waals surface area contributed by atoms with Crippen LogP contribution in [0, 0.1) is 5.92 Å². The van der Waals surface area contributed by atoms with Gasteiger partial charge in [0.05, 0.1) is 19.9 Å². The van der Waals surface area contributed by atoms with Gasteiger partial charge in [0.25, 0.3) is 0 Å². The van der Waals surface area contributed by atoms with Crippen molar-refractivity contribution in [3.05, 3.63) is 47.5 Å². The fourth-order valence-corrected chi connectivity index (χ4v) is 4.59. The first-order valence-electron chi connectivity index (χ1n) is 11.6. The zero-order chi connectivity index (χ0) is 24.2. The second-order valence-electron chi connectivity index (χ2n) is 8.59. The first-order chi connectivity index (χ1) is 16.5. The van der Waals surface area contributed by atoms with Gasteiger partial charge in [-0.3, -0.25) is 14.9 Å². The Morgan fingerprint density at radius 3 is 2.47 bits per heavy atom. The van der Waals surface area contributed by atoms with Crippen molar-refractivity contribution >= 4 is 17.4 Å². The molecule has 8 heteroatoms. The number of amides is 1. The lowest BCUT2D eigenvalue weighted by Gasteiger charge is -2.40. The number of hydrogen-bond acceptors (Lipinski definition) is 7. The van der Waals surface area contributed by atoms with Gasteiger partial charge in [-0.05, 0) is 69.1 Å². The second kappa shape index (κ2) is 10.4. The van der Waals surface area contributed by atoms with E-state index < -0.39 is 5.92 Å². The van der Waals surface area contributed by atoms with Crippen LogP contribution in [-0.4, -0.2) is 58.4 Å². The Kier molecular flexibility index (Phi) is 7.38. The van der Waals surface area contributed by atoms with E-state index in [0.717, 1.165) is 18.4 Å². The Morgan fingerprint density at radius 1 is 1.06 bits per heavy atom. The highest BCUT2D eigenvalue weighted by atomic mass is 16.5. The Morgan fingerprint density at radius 2 is 1.79 bits per heavy atom. The number of anilines is 1. The van der Waals surface area contributed by atoms with Gasteiger partial charge in [-0.25, -0.2) is 0 Å². The van der Waals surface area contributed by atoms with Gasteiger partial charge < -0.3 is 23.8 Å². The molecule has 0 saturated carbocycles. The Bertz CT molecular complexity index is 1050. The number of carbonyl (C=O) groups excluding carboxylic acids is 2. The number of ketones is 1. The van der Waals surface area contributed by atoms with Crippen LogP contribution in [0.15, 0.2) is 36.4 Å². The SMILES string of the molecule is CNC(C)Oc1ccc2c(c1)C(=O)C(Cc1ccc(OC)c(OC)c1)C(=O)N2C1CCOCC1. The number of Topliss-reactive ketones (excluding diaryl/α,β-unsaturated/α-hetero) is 1. The van der Waals surface area contributed by atoms with Crippen LogP contribution in [0.2, 0.25) is 0 Å². The van der Waals surface area contributed by atoms with Crippen molar-refractivity contribution < 1.29 is 28.5 Å². The highest BCUT2D eigenvalue weighted by Gasteiger charge is 2.42. The van der Waals surface area contributed by atoms with Gasteiger partial charge >= 0.3 is 0 Å². The fourth-order valence-electron chi connectivity index (χ4n) is 4.59. The normalized spacial score (nSPS) is 19.5. The van der Waals surface area contributed by atoms with E-state index in [1.807, 2.05) is 36.1 Å². The van der Waals surface area contributed by atoms with Crippen molar-refractivity contribution in [3.8, 4) is 17.2 Å². The number of methoxy groups -OCH3 is 2. The molecule has 8 nitrogen and oxygen atoms in total. The largest absolute Gasteiger partial charge is 0.493 e. The van der Waals surface area contributed by atoms with Gasteiger partial charge in [0, 0.05) is 24.8 Å². The summed E-state index contributed by atoms with van der Waals surface area (Å²) in [6, 6.07) is 10.9. The summed E-state index contributed by atoms with van der Waals surface area (Å²) in [6.45, 7) is 3.08. The van der Waals surface area contributed by atoms with Gasteiger partial charge in [-0.15, -0.1) is 0 Å². The number of hydrogen-bond donors (Lipinski definition) is 1. The van der Waals surface area contributed by atoms with Crippen LogP contribution >= 0.6 is 0 Å². The molecule has 0 radical (unpaired) electrons. The molecule has 1 saturated heterocycles. The van der Waals surface area contributed by atoms with Crippen molar-refractivity contribution in [3.63, 3.8) is 0 Å². The van der Waals surface area contributed by atoms with Crippen LogP contribution in [0.1, 0.15) is 35.7 Å². The topological polar surface area (TPSA) is 86.3 Å². The lowest BCUT2D eigenvalue weighted by atomic mass is 9.84. The summed E-state index contributed by atoms with van der Waals surface area (Å²) in [5, 5.41) is 3.03. The molecule has 2 unspecified atom stereocenters. The number of carbonyl (C=O) groups is 2. The Labute approximate surface area is 200 Å². The molecule has 2 aromatic carbocycles. The summed E-state index contributed by atoms with van der Waals surface area (Å²) in [7, 11) is 4.94. The third-order valence-corrected chi connectivity index (χ3v) is 6.51. The van der Waals surface area contributed by atoms with Crippen LogP contribution in [0.3, 0.4) is 0 Å². The minimum atomic E-state index is -0.828. The van der Waals surface area contributed by atoms with Crippen LogP contribution in [0.5, 0.6) is 17.2 Å². The van der Waals surface area contributed by atoms with E-state index in [2.05, 4.69) is 5.32 Å². The lowest BCUT2D eigenvalue weighted by molar-refractivity contribution is -0.122. The summed E-state index contributed by atoms with van der Waals surface area (Å²) in [6.07, 6.45) is 1.52. The van der Waals surface area contributed by atoms with Gasteiger partial charge in [-0.1, -0.05) is 6.07 Å². The highest BCUT2D eigenvalue weighted by molar-refractivity contribution is 6.22. The smallest absolute Gasteiger partial charge is 0.238 e. The standard InChI is InChI=1S/C26H32N2O6/c1-16(27-2)34-19-6-7-22-20(15-19)25(29)21(26(30)28(22)18-9-11-33-12-10-18)13-17-5-8-23(31-3)24(14-17)32-4/h5-8,14-16,18,21,27H,9-13H2,1-4H3. The van der Waals surface area contributed by atoms with E-state index in [4.69, 9.17) is 18.9 Å². The predicted octanol–water partition coefficient (Wildman–Crippen LogP) is 3.22. The molecule has 2 atom stereocenters. The monoisotopic (exact) mass is 468 g/mol. The molecular weight excluding hydrogens is 436 g/mol. The molecule has 34 heavy (non-hydrogen) atoms. The van der Waals surface area contributed by atoms with E-state index >= 15 is 0 Å². The summed E-state index contributed by atoms with van der Waals surface area (Å²) >= 11 is 0. The van der Waals surface area contributed by atoms with E-state index in [9.17, 15) is 9.59 Å². The summed E-state index contributed by atoms with van der Waals surface area (Å²) in [5.74, 6) is 0.555. The number of nitrogens with zero attached hydrogens (tertiary/aromatic N) is 1. The first-order valence-corrected chi connectivity index (χ1v) is 11.6. The number of nitrogens with one attached hydrogen (secondary N) is 1. The maximum atomic E-state index is 13.8. The van der Waals surface area contributed by atoms with Gasteiger partial charge in [0.2, 0.25) is 5.91 Å². The predicted molar refractivity (Wildman–Crippen MR) is 128 cm³/mol. The third-order valence-electron chi connectivity index (χ3n) is 6.51. The molecule has 1 fully saturated rings. The molecule has 2 aromatic rings. The number of fused-ring (bicyclic) bond motifs is 1. The number of rotatable bonds is 8. The third kappa shape index (κ3) is 4.74. The van der Waals surface area contributed by atoms with Crippen LogP contribution in [0.4, 0.5) is 5.69 Å². The molecule has 2 aliphatic rings. The van der Waals surface area contributed by atoms with Gasteiger partial charge in [0.15, 0.2) is 17.3 Å². The summed E-state index contributed by atoms with van der Waals surface area (Å²) < 4.78 is 22.1. The zero-order valence-electron chi connectivity index (χ0n) is 20.1. The van der Waals surface area contributed by atoms with Crippen molar-refractivity contribution in [2.45, 2.75) is 38.5 Å². The van der Waals surface area contributed by atoms with Crippen molar-refractivity contribution in [2.24, 2.45) is 5.92 Å². The highest BCUT2D eigenvalue weighted by Crippen LogP contribution is 2.38. The van der Waals surface area contributed by atoms with Crippen LogP contribution < -0.4 is 24.4 Å². The van der Waals surface area contributed by atoms with Gasteiger partial charge in [-0.2, -0.15) is 0 Å².